The standard InChI is InChI=1S/C16H25F3N4O/c1-14(2,3)23-9-11(8-20-23)21-13(24)22-7-6-12(16(17,18)19)15(4,5)10-22/h8-9,12H,6-7,10H2,1-5H3,(H,21,24). The minimum atomic E-state index is -4.24. The van der Waals surface area contributed by atoms with Gasteiger partial charge in [0.1, 0.15) is 0 Å². The predicted molar refractivity (Wildman–Crippen MR) is 85.8 cm³/mol. The highest BCUT2D eigenvalue weighted by molar-refractivity contribution is 5.89. The molecule has 0 saturated carbocycles. The number of urea groups is 1. The molecule has 1 N–H and O–H groups in total. The summed E-state index contributed by atoms with van der Waals surface area (Å²) in [6.45, 7) is 9.22. The molecular formula is C16H25F3N4O. The number of hydrogen-bond acceptors (Lipinski definition) is 2. The third-order valence-corrected chi connectivity index (χ3v) is 4.43. The van der Waals surface area contributed by atoms with Crippen LogP contribution in [0, 0.1) is 11.3 Å². The van der Waals surface area contributed by atoms with E-state index in [1.165, 1.54) is 11.1 Å². The van der Waals surface area contributed by atoms with E-state index >= 15 is 0 Å². The summed E-state index contributed by atoms with van der Waals surface area (Å²) in [5.41, 5.74) is -0.690. The number of aromatic nitrogens is 2. The number of carbonyl (C=O) groups is 1. The lowest BCUT2D eigenvalue weighted by atomic mass is 9.73. The molecule has 0 aromatic carbocycles. The fourth-order valence-electron chi connectivity index (χ4n) is 3.09. The van der Waals surface area contributed by atoms with E-state index in [9.17, 15) is 18.0 Å². The van der Waals surface area contributed by atoms with Crippen molar-refractivity contribution in [3.8, 4) is 0 Å². The van der Waals surface area contributed by atoms with E-state index in [1.54, 1.807) is 24.7 Å². The number of likely N-dealkylation sites (tertiary alicyclic amines) is 1. The summed E-state index contributed by atoms with van der Waals surface area (Å²) in [4.78, 5) is 13.8. The Balaban J connectivity index is 2.03. The molecule has 8 heteroatoms. The van der Waals surface area contributed by atoms with Crippen LogP contribution in [0.1, 0.15) is 41.0 Å². The van der Waals surface area contributed by atoms with Crippen LogP contribution in [-0.2, 0) is 5.54 Å². The van der Waals surface area contributed by atoms with Gasteiger partial charge in [-0.15, -0.1) is 0 Å². The monoisotopic (exact) mass is 346 g/mol. The number of amides is 2. The second-order valence-corrected chi connectivity index (χ2v) is 8.07. The molecule has 1 unspecified atom stereocenters. The van der Waals surface area contributed by atoms with Crippen LogP contribution in [0.4, 0.5) is 23.7 Å². The molecule has 2 heterocycles. The molecule has 1 aromatic heterocycles. The van der Waals surface area contributed by atoms with Gasteiger partial charge in [0.2, 0.25) is 0 Å². The van der Waals surface area contributed by atoms with Gasteiger partial charge in [-0.3, -0.25) is 4.68 Å². The van der Waals surface area contributed by atoms with Crippen molar-refractivity contribution in [1.82, 2.24) is 14.7 Å². The molecule has 1 aromatic rings. The van der Waals surface area contributed by atoms with Gasteiger partial charge < -0.3 is 10.2 Å². The second-order valence-electron chi connectivity index (χ2n) is 8.07. The summed E-state index contributed by atoms with van der Waals surface area (Å²) in [7, 11) is 0. The number of halogens is 3. The van der Waals surface area contributed by atoms with Crippen molar-refractivity contribution >= 4 is 11.7 Å². The number of alkyl halides is 3. The summed E-state index contributed by atoms with van der Waals surface area (Å²) in [6, 6.07) is -0.392. The number of nitrogens with one attached hydrogen (secondary N) is 1. The number of hydrogen-bond donors (Lipinski definition) is 1. The Hall–Kier alpha value is -1.73. The smallest absolute Gasteiger partial charge is 0.324 e. The summed E-state index contributed by atoms with van der Waals surface area (Å²) < 4.78 is 41.0. The summed E-state index contributed by atoms with van der Waals surface area (Å²) in [5.74, 6) is -1.39. The molecule has 0 aliphatic carbocycles. The van der Waals surface area contributed by atoms with Crippen LogP contribution in [0.3, 0.4) is 0 Å². The molecule has 136 valence electrons. The first kappa shape index (κ1) is 18.6. The van der Waals surface area contributed by atoms with Gasteiger partial charge in [0.05, 0.1) is 23.3 Å². The van der Waals surface area contributed by atoms with E-state index in [4.69, 9.17) is 0 Å². The minimum absolute atomic E-state index is 0.0659. The van der Waals surface area contributed by atoms with E-state index in [0.29, 0.717) is 5.69 Å². The molecule has 1 atom stereocenters. The maximum atomic E-state index is 13.1. The normalized spacial score (nSPS) is 21.7. The topological polar surface area (TPSA) is 50.2 Å². The third kappa shape index (κ3) is 4.02. The number of anilines is 1. The first-order chi connectivity index (χ1) is 10.8. The molecule has 1 aliphatic rings. The van der Waals surface area contributed by atoms with E-state index in [2.05, 4.69) is 10.4 Å². The van der Waals surface area contributed by atoms with Gasteiger partial charge in [0, 0.05) is 19.3 Å². The number of nitrogens with zero attached hydrogens (tertiary/aromatic N) is 3. The maximum Gasteiger partial charge on any atom is 0.392 e. The van der Waals surface area contributed by atoms with Crippen LogP contribution in [-0.4, -0.2) is 40.0 Å². The maximum absolute atomic E-state index is 13.1. The number of carbonyl (C=O) groups excluding carboxylic acids is 1. The average molecular weight is 346 g/mol. The Morgan fingerprint density at radius 2 is 1.96 bits per heavy atom. The lowest BCUT2D eigenvalue weighted by Crippen LogP contribution is -2.53. The molecule has 1 aliphatic heterocycles. The van der Waals surface area contributed by atoms with Crippen LogP contribution < -0.4 is 5.32 Å². The highest BCUT2D eigenvalue weighted by Gasteiger charge is 2.51. The van der Waals surface area contributed by atoms with Crippen LogP contribution in [0.2, 0.25) is 0 Å². The van der Waals surface area contributed by atoms with Gasteiger partial charge in [0.25, 0.3) is 0 Å². The van der Waals surface area contributed by atoms with Crippen molar-refractivity contribution in [3.63, 3.8) is 0 Å². The Morgan fingerprint density at radius 1 is 1.33 bits per heavy atom. The van der Waals surface area contributed by atoms with E-state index in [0.717, 1.165) is 0 Å². The van der Waals surface area contributed by atoms with Crippen molar-refractivity contribution in [2.45, 2.75) is 52.8 Å². The zero-order chi connectivity index (χ0) is 18.3. The zero-order valence-corrected chi connectivity index (χ0v) is 14.7. The Bertz CT molecular complexity index is 601. The Labute approximate surface area is 140 Å². The van der Waals surface area contributed by atoms with Crippen molar-refractivity contribution in [2.75, 3.05) is 18.4 Å². The van der Waals surface area contributed by atoms with Crippen molar-refractivity contribution < 1.29 is 18.0 Å². The first-order valence-electron chi connectivity index (χ1n) is 7.98. The van der Waals surface area contributed by atoms with E-state index in [-0.39, 0.29) is 25.0 Å². The van der Waals surface area contributed by atoms with Gasteiger partial charge in [-0.25, -0.2) is 4.79 Å². The van der Waals surface area contributed by atoms with Crippen LogP contribution in [0.25, 0.3) is 0 Å². The predicted octanol–water partition coefficient (Wildman–Crippen LogP) is 4.08. The first-order valence-corrected chi connectivity index (χ1v) is 7.98. The molecular weight excluding hydrogens is 321 g/mol. The fraction of sp³-hybridized carbons (Fsp3) is 0.750. The van der Waals surface area contributed by atoms with Crippen molar-refractivity contribution in [2.24, 2.45) is 11.3 Å². The zero-order valence-electron chi connectivity index (χ0n) is 14.7. The summed E-state index contributed by atoms with van der Waals surface area (Å²) in [6.07, 6.45) is -1.06. The van der Waals surface area contributed by atoms with Crippen LogP contribution in [0.5, 0.6) is 0 Å². The molecule has 0 spiro atoms. The van der Waals surface area contributed by atoms with Gasteiger partial charge in [-0.05, 0) is 32.6 Å². The van der Waals surface area contributed by atoms with Gasteiger partial charge in [0.15, 0.2) is 0 Å². The van der Waals surface area contributed by atoms with Gasteiger partial charge in [-0.2, -0.15) is 18.3 Å². The molecule has 5 nitrogen and oxygen atoms in total. The van der Waals surface area contributed by atoms with Crippen LogP contribution in [0.15, 0.2) is 12.4 Å². The van der Waals surface area contributed by atoms with Crippen molar-refractivity contribution in [1.29, 1.82) is 0 Å². The summed E-state index contributed by atoms with van der Waals surface area (Å²) in [5, 5.41) is 6.91. The Morgan fingerprint density at radius 3 is 2.42 bits per heavy atom. The molecule has 2 rings (SSSR count). The SMILES string of the molecule is CC1(C)CN(C(=O)Nc2cnn(C(C)(C)C)c2)CCC1C(F)(F)F. The van der Waals surface area contributed by atoms with Crippen LogP contribution >= 0.6 is 0 Å². The molecule has 24 heavy (non-hydrogen) atoms. The lowest BCUT2D eigenvalue weighted by molar-refractivity contribution is -0.214. The Kier molecular flexibility index (Phi) is 4.63. The summed E-state index contributed by atoms with van der Waals surface area (Å²) >= 11 is 0. The van der Waals surface area contributed by atoms with E-state index < -0.39 is 23.5 Å². The lowest BCUT2D eigenvalue weighted by Gasteiger charge is -2.44. The molecule has 2 amide bonds. The van der Waals surface area contributed by atoms with Crippen molar-refractivity contribution in [3.05, 3.63) is 12.4 Å². The minimum Gasteiger partial charge on any atom is -0.324 e. The largest absolute Gasteiger partial charge is 0.392 e. The molecule has 1 fully saturated rings. The fourth-order valence-corrected chi connectivity index (χ4v) is 3.09. The molecule has 1 saturated heterocycles. The molecule has 0 radical (unpaired) electrons. The quantitative estimate of drug-likeness (QED) is 0.833. The molecule has 0 bridgehead atoms. The number of piperidine rings is 1. The highest BCUT2D eigenvalue weighted by atomic mass is 19.4. The third-order valence-electron chi connectivity index (χ3n) is 4.43. The number of rotatable bonds is 1. The van der Waals surface area contributed by atoms with Gasteiger partial charge >= 0.3 is 12.2 Å². The second kappa shape index (κ2) is 5.97. The average Bonchev–Trinajstić information content (AvgIpc) is 2.84. The van der Waals surface area contributed by atoms with Gasteiger partial charge in [-0.1, -0.05) is 13.8 Å². The van der Waals surface area contributed by atoms with E-state index in [1.807, 2.05) is 20.8 Å². The highest BCUT2D eigenvalue weighted by Crippen LogP contribution is 2.45.